The molecule has 0 amide bonds. The number of ether oxygens (including phenoxy) is 1. The summed E-state index contributed by atoms with van der Waals surface area (Å²) in [6.07, 6.45) is 6.67. The van der Waals surface area contributed by atoms with Gasteiger partial charge in [0.05, 0.1) is 23.6 Å². The average molecular weight is 390 g/mol. The van der Waals surface area contributed by atoms with E-state index in [9.17, 15) is 9.18 Å². The van der Waals surface area contributed by atoms with Crippen LogP contribution in [-0.4, -0.2) is 26.1 Å². The van der Waals surface area contributed by atoms with Gasteiger partial charge in [-0.15, -0.1) is 5.10 Å². The predicted octanol–water partition coefficient (Wildman–Crippen LogP) is 4.24. The molecule has 0 radical (unpaired) electrons. The van der Waals surface area contributed by atoms with Gasteiger partial charge in [-0.2, -0.15) is 0 Å². The molecule has 2 aromatic carbocycles. The summed E-state index contributed by atoms with van der Waals surface area (Å²) in [6.45, 7) is 0. The summed E-state index contributed by atoms with van der Waals surface area (Å²) in [5.41, 5.74) is 1.85. The van der Waals surface area contributed by atoms with E-state index < -0.39 is 0 Å². The number of benzene rings is 2. The summed E-state index contributed by atoms with van der Waals surface area (Å²) in [5.74, 6) is 0.480. The van der Waals surface area contributed by atoms with Crippen LogP contribution in [0.2, 0.25) is 0 Å². The summed E-state index contributed by atoms with van der Waals surface area (Å²) in [4.78, 5) is 15.2. The van der Waals surface area contributed by atoms with Crippen molar-refractivity contribution in [3.8, 4) is 22.7 Å². The van der Waals surface area contributed by atoms with Crippen LogP contribution < -0.4 is 10.3 Å². The number of aromatic amines is 1. The summed E-state index contributed by atoms with van der Waals surface area (Å²) in [5, 5.41) is 8.86. The van der Waals surface area contributed by atoms with Crippen molar-refractivity contribution in [3.63, 3.8) is 0 Å². The summed E-state index contributed by atoms with van der Waals surface area (Å²) in [7, 11) is 0. The molecule has 0 atom stereocenters. The second-order valence-corrected chi connectivity index (χ2v) is 7.31. The third-order valence-electron chi connectivity index (χ3n) is 5.28. The van der Waals surface area contributed by atoms with E-state index in [1.54, 1.807) is 23.0 Å². The molecule has 2 aromatic heterocycles. The molecule has 0 bridgehead atoms. The zero-order valence-corrected chi connectivity index (χ0v) is 15.6. The Bertz CT molecular complexity index is 1220. The van der Waals surface area contributed by atoms with E-state index in [1.807, 2.05) is 24.3 Å². The molecule has 1 aliphatic rings. The second-order valence-electron chi connectivity index (χ2n) is 7.31. The summed E-state index contributed by atoms with van der Waals surface area (Å²) >= 11 is 0. The number of aromatic nitrogens is 4. The van der Waals surface area contributed by atoms with Crippen molar-refractivity contribution in [1.29, 1.82) is 0 Å². The quantitative estimate of drug-likeness (QED) is 0.566. The van der Waals surface area contributed by atoms with Crippen LogP contribution in [0.3, 0.4) is 0 Å². The largest absolute Gasteiger partial charge is 0.490 e. The van der Waals surface area contributed by atoms with Crippen LogP contribution in [0.5, 0.6) is 5.75 Å². The highest BCUT2D eigenvalue weighted by atomic mass is 19.1. The first-order valence-electron chi connectivity index (χ1n) is 9.68. The van der Waals surface area contributed by atoms with Gasteiger partial charge in [-0.05, 0) is 74.2 Å². The molecule has 0 spiro atoms. The van der Waals surface area contributed by atoms with Crippen molar-refractivity contribution < 1.29 is 9.13 Å². The minimum atomic E-state index is -0.362. The van der Waals surface area contributed by atoms with Gasteiger partial charge in [0, 0.05) is 10.9 Å². The Morgan fingerprint density at radius 2 is 1.86 bits per heavy atom. The van der Waals surface area contributed by atoms with Gasteiger partial charge in [0.2, 0.25) is 0 Å². The number of hydrogen-bond donors (Lipinski definition) is 1. The van der Waals surface area contributed by atoms with Crippen molar-refractivity contribution >= 4 is 10.9 Å². The summed E-state index contributed by atoms with van der Waals surface area (Å²) in [6, 6.07) is 13.5. The molecule has 5 rings (SSSR count). The Morgan fingerprint density at radius 1 is 1.07 bits per heavy atom. The highest BCUT2D eigenvalue weighted by Gasteiger charge is 2.16. The molecule has 1 aliphatic carbocycles. The molecule has 0 saturated heterocycles. The van der Waals surface area contributed by atoms with E-state index in [1.165, 1.54) is 25.0 Å². The van der Waals surface area contributed by atoms with Gasteiger partial charge in [-0.25, -0.2) is 9.07 Å². The molecule has 0 aliphatic heterocycles. The second kappa shape index (κ2) is 7.16. The molecule has 29 heavy (non-hydrogen) atoms. The van der Waals surface area contributed by atoms with E-state index >= 15 is 0 Å². The smallest absolute Gasteiger partial charge is 0.258 e. The zero-order chi connectivity index (χ0) is 19.8. The minimum Gasteiger partial charge on any atom is -0.490 e. The molecular weight excluding hydrogens is 371 g/mol. The van der Waals surface area contributed by atoms with Gasteiger partial charge in [-0.1, -0.05) is 5.21 Å². The maximum absolute atomic E-state index is 13.5. The van der Waals surface area contributed by atoms with Crippen molar-refractivity contribution in [2.75, 3.05) is 0 Å². The van der Waals surface area contributed by atoms with Crippen LogP contribution in [0.15, 0.2) is 59.5 Å². The fourth-order valence-corrected chi connectivity index (χ4v) is 3.76. The molecule has 4 aromatic rings. The molecule has 2 heterocycles. The van der Waals surface area contributed by atoms with E-state index in [-0.39, 0.29) is 11.4 Å². The van der Waals surface area contributed by atoms with Crippen molar-refractivity contribution in [2.24, 2.45) is 0 Å². The van der Waals surface area contributed by atoms with Gasteiger partial charge < -0.3 is 9.72 Å². The maximum atomic E-state index is 13.5. The highest BCUT2D eigenvalue weighted by Crippen LogP contribution is 2.25. The molecule has 7 heteroatoms. The van der Waals surface area contributed by atoms with Crippen LogP contribution in [0.4, 0.5) is 4.39 Å². The molecule has 6 nitrogen and oxygen atoms in total. The van der Waals surface area contributed by atoms with Gasteiger partial charge in [-0.3, -0.25) is 4.79 Å². The first-order chi connectivity index (χ1) is 14.2. The van der Waals surface area contributed by atoms with Crippen molar-refractivity contribution in [3.05, 3.63) is 70.9 Å². The fraction of sp³-hybridized carbons (Fsp3) is 0.227. The Hall–Kier alpha value is -3.48. The van der Waals surface area contributed by atoms with Crippen LogP contribution >= 0.6 is 0 Å². The Labute approximate surface area is 166 Å². The lowest BCUT2D eigenvalue weighted by molar-refractivity contribution is 0.210. The minimum absolute atomic E-state index is 0.295. The standard InChI is InChI=1S/C22H19FN4O2/c23-15-5-10-20-14(11-15)12-19(22(28)24-20)21-13-27(26-25-21)16-6-8-18(9-7-16)29-17-3-1-2-4-17/h5-13,17H,1-4H2,(H,24,28). The first kappa shape index (κ1) is 17.6. The number of rotatable bonds is 4. The Morgan fingerprint density at radius 3 is 2.66 bits per heavy atom. The van der Waals surface area contributed by atoms with Gasteiger partial charge >= 0.3 is 0 Å². The Kier molecular flexibility index (Phi) is 4.35. The normalized spacial score (nSPS) is 14.5. The lowest BCUT2D eigenvalue weighted by Crippen LogP contribution is -2.10. The number of nitrogens with one attached hydrogen (secondary N) is 1. The third-order valence-corrected chi connectivity index (χ3v) is 5.28. The lowest BCUT2D eigenvalue weighted by Gasteiger charge is -2.13. The number of halogens is 1. The fourth-order valence-electron chi connectivity index (χ4n) is 3.76. The van der Waals surface area contributed by atoms with Crippen LogP contribution in [0.25, 0.3) is 27.8 Å². The molecule has 146 valence electrons. The van der Waals surface area contributed by atoms with Crippen LogP contribution in [0.1, 0.15) is 25.7 Å². The third kappa shape index (κ3) is 3.51. The van der Waals surface area contributed by atoms with E-state index in [2.05, 4.69) is 15.3 Å². The van der Waals surface area contributed by atoms with Gasteiger partial charge in [0.25, 0.3) is 5.56 Å². The molecule has 1 fully saturated rings. The SMILES string of the molecule is O=c1[nH]c2ccc(F)cc2cc1-c1cn(-c2ccc(OC3CCCC3)cc2)nn1. The van der Waals surface area contributed by atoms with Crippen LogP contribution in [-0.2, 0) is 0 Å². The average Bonchev–Trinajstić information content (AvgIpc) is 3.41. The van der Waals surface area contributed by atoms with Crippen LogP contribution in [0, 0.1) is 5.82 Å². The number of H-pyrrole nitrogens is 1. The topological polar surface area (TPSA) is 72.8 Å². The maximum Gasteiger partial charge on any atom is 0.258 e. The van der Waals surface area contributed by atoms with Gasteiger partial charge in [0.1, 0.15) is 17.3 Å². The number of pyridine rings is 1. The monoisotopic (exact) mass is 390 g/mol. The van der Waals surface area contributed by atoms with E-state index in [0.29, 0.717) is 28.3 Å². The predicted molar refractivity (Wildman–Crippen MR) is 108 cm³/mol. The molecule has 1 saturated carbocycles. The summed E-state index contributed by atoms with van der Waals surface area (Å²) < 4.78 is 21.1. The van der Waals surface area contributed by atoms with E-state index in [0.717, 1.165) is 24.3 Å². The lowest BCUT2D eigenvalue weighted by atomic mass is 10.1. The number of hydrogen-bond acceptors (Lipinski definition) is 4. The first-order valence-corrected chi connectivity index (χ1v) is 9.68. The van der Waals surface area contributed by atoms with Crippen molar-refractivity contribution in [1.82, 2.24) is 20.0 Å². The molecule has 1 N–H and O–H groups in total. The number of fused-ring (bicyclic) bond motifs is 1. The Balaban J connectivity index is 1.42. The van der Waals surface area contributed by atoms with Crippen molar-refractivity contribution in [2.45, 2.75) is 31.8 Å². The molecule has 0 unspecified atom stereocenters. The van der Waals surface area contributed by atoms with Gasteiger partial charge in [0.15, 0.2) is 0 Å². The van der Waals surface area contributed by atoms with E-state index in [4.69, 9.17) is 4.74 Å². The number of nitrogens with zero attached hydrogens (tertiary/aromatic N) is 3. The molecular formula is C22H19FN4O2. The highest BCUT2D eigenvalue weighted by molar-refractivity contribution is 5.82. The zero-order valence-electron chi connectivity index (χ0n) is 15.6.